The van der Waals surface area contributed by atoms with Gasteiger partial charge in [0.2, 0.25) is 0 Å². The first-order valence-electron chi connectivity index (χ1n) is 13.1. The molecule has 0 unspecified atom stereocenters. The van der Waals surface area contributed by atoms with Gasteiger partial charge in [0.15, 0.2) is 0 Å². The van der Waals surface area contributed by atoms with Crippen molar-refractivity contribution in [1.29, 1.82) is 0 Å². The molecule has 0 atom stereocenters. The number of methoxy groups -OCH3 is 1. The first-order chi connectivity index (χ1) is 18.1. The van der Waals surface area contributed by atoms with E-state index in [1.807, 2.05) is 55.8 Å². The summed E-state index contributed by atoms with van der Waals surface area (Å²) < 4.78 is 12.8. The summed E-state index contributed by atoms with van der Waals surface area (Å²) in [6, 6.07) is 13.8. The van der Waals surface area contributed by atoms with Crippen LogP contribution in [-0.4, -0.2) is 52.5 Å². The van der Waals surface area contributed by atoms with Gasteiger partial charge in [-0.15, -0.1) is 0 Å². The molecule has 2 aromatic carbocycles. The van der Waals surface area contributed by atoms with Gasteiger partial charge >= 0.3 is 6.09 Å². The number of hydrogen-bond acceptors (Lipinski definition) is 5. The van der Waals surface area contributed by atoms with Gasteiger partial charge in [-0.05, 0) is 76.3 Å². The van der Waals surface area contributed by atoms with Gasteiger partial charge in [-0.1, -0.05) is 30.3 Å². The van der Waals surface area contributed by atoms with Crippen molar-refractivity contribution in [1.82, 2.24) is 20.0 Å². The lowest BCUT2D eigenvalue weighted by Gasteiger charge is -2.34. The normalized spacial score (nSPS) is 14.3. The van der Waals surface area contributed by atoms with E-state index < -0.39 is 5.60 Å². The lowest BCUT2D eigenvalue weighted by atomic mass is 9.90. The third kappa shape index (κ3) is 6.18. The molecule has 3 aromatic rings. The largest absolute Gasteiger partial charge is 0.497 e. The van der Waals surface area contributed by atoms with Crippen molar-refractivity contribution in [2.75, 3.05) is 20.2 Å². The molecule has 0 saturated carbocycles. The Morgan fingerprint density at radius 2 is 1.71 bits per heavy atom. The lowest BCUT2D eigenvalue weighted by molar-refractivity contribution is 0.0203. The van der Waals surface area contributed by atoms with E-state index in [4.69, 9.17) is 14.6 Å². The van der Waals surface area contributed by atoms with Gasteiger partial charge in [0.1, 0.15) is 11.4 Å². The highest BCUT2D eigenvalue weighted by molar-refractivity contribution is 5.95. The SMILES string of the molecule is COc1cccc(CNC(=O)c2cnn(-c3c(C)cccc3C)c2C2CCN(C(=O)OC(C)(C)C)CC2)c1. The molecule has 8 nitrogen and oxygen atoms in total. The van der Waals surface area contributed by atoms with E-state index in [1.165, 1.54) is 0 Å². The number of rotatable bonds is 6. The van der Waals surface area contributed by atoms with Crippen LogP contribution < -0.4 is 10.1 Å². The summed E-state index contributed by atoms with van der Waals surface area (Å²) in [6.07, 6.45) is 2.80. The Hall–Kier alpha value is -3.81. The zero-order valence-corrected chi connectivity index (χ0v) is 23.2. The lowest BCUT2D eigenvalue weighted by Crippen LogP contribution is -2.41. The van der Waals surface area contributed by atoms with E-state index in [0.717, 1.165) is 33.8 Å². The molecule has 202 valence electrons. The molecule has 0 spiro atoms. The predicted molar refractivity (Wildman–Crippen MR) is 147 cm³/mol. The summed E-state index contributed by atoms with van der Waals surface area (Å²) in [5.41, 5.74) is 5.02. The molecular weight excluding hydrogens is 480 g/mol. The molecule has 1 saturated heterocycles. The van der Waals surface area contributed by atoms with Crippen LogP contribution in [0.5, 0.6) is 5.75 Å². The quantitative estimate of drug-likeness (QED) is 0.463. The number of aromatic nitrogens is 2. The number of ether oxygens (including phenoxy) is 2. The molecular formula is C30H38N4O4. The summed E-state index contributed by atoms with van der Waals surface area (Å²) in [6.45, 7) is 11.2. The molecule has 38 heavy (non-hydrogen) atoms. The second-order valence-corrected chi connectivity index (χ2v) is 10.9. The topological polar surface area (TPSA) is 85.7 Å². The minimum atomic E-state index is -0.539. The van der Waals surface area contributed by atoms with E-state index in [-0.39, 0.29) is 17.9 Å². The van der Waals surface area contributed by atoms with Crippen LogP contribution in [0.4, 0.5) is 4.79 Å². The van der Waals surface area contributed by atoms with Gasteiger partial charge < -0.3 is 19.7 Å². The number of amides is 2. The van der Waals surface area contributed by atoms with Gasteiger partial charge in [-0.3, -0.25) is 4.79 Å². The maximum absolute atomic E-state index is 13.5. The van der Waals surface area contributed by atoms with Crippen molar-refractivity contribution in [2.45, 2.75) is 65.5 Å². The van der Waals surface area contributed by atoms with Gasteiger partial charge in [0.05, 0.1) is 30.3 Å². The smallest absolute Gasteiger partial charge is 0.410 e. The fourth-order valence-electron chi connectivity index (χ4n) is 4.97. The number of piperidine rings is 1. The highest BCUT2D eigenvalue weighted by Gasteiger charge is 2.32. The van der Waals surface area contributed by atoms with Crippen LogP contribution in [0.1, 0.15) is 72.3 Å². The van der Waals surface area contributed by atoms with Crippen LogP contribution in [0.15, 0.2) is 48.7 Å². The molecule has 0 aliphatic carbocycles. The Balaban J connectivity index is 1.61. The third-order valence-corrected chi connectivity index (χ3v) is 6.82. The Morgan fingerprint density at radius 1 is 1.05 bits per heavy atom. The first kappa shape index (κ1) is 27.2. The van der Waals surface area contributed by atoms with Crippen molar-refractivity contribution >= 4 is 12.0 Å². The Bertz CT molecular complexity index is 1280. The molecule has 1 N–H and O–H groups in total. The maximum Gasteiger partial charge on any atom is 0.410 e. The van der Waals surface area contributed by atoms with E-state index in [1.54, 1.807) is 18.2 Å². The highest BCUT2D eigenvalue weighted by atomic mass is 16.6. The number of likely N-dealkylation sites (tertiary alicyclic amines) is 1. The number of aryl methyl sites for hydroxylation is 2. The van der Waals surface area contributed by atoms with Crippen molar-refractivity contribution in [3.63, 3.8) is 0 Å². The molecule has 2 heterocycles. The third-order valence-electron chi connectivity index (χ3n) is 6.82. The fourth-order valence-corrected chi connectivity index (χ4v) is 4.97. The highest BCUT2D eigenvalue weighted by Crippen LogP contribution is 2.34. The summed E-state index contributed by atoms with van der Waals surface area (Å²) >= 11 is 0. The second-order valence-electron chi connectivity index (χ2n) is 10.9. The molecule has 1 aliphatic rings. The fraction of sp³-hybridized carbons (Fsp3) is 0.433. The van der Waals surface area contributed by atoms with Gasteiger partial charge in [-0.2, -0.15) is 5.10 Å². The van der Waals surface area contributed by atoms with Gasteiger partial charge in [-0.25, -0.2) is 9.48 Å². The van der Waals surface area contributed by atoms with Crippen molar-refractivity contribution in [3.05, 3.63) is 76.6 Å². The van der Waals surface area contributed by atoms with E-state index in [2.05, 4.69) is 31.3 Å². The Kier molecular flexibility index (Phi) is 8.09. The standard InChI is InChI=1S/C30H38N4O4/c1-20-9-7-10-21(2)26(20)34-27(23-13-15-33(16-14-23)29(36)38-30(3,4)5)25(19-32-34)28(35)31-18-22-11-8-12-24(17-22)37-6/h7-12,17,19,23H,13-16,18H2,1-6H3,(H,31,35). The molecule has 1 fully saturated rings. The van der Waals surface area contributed by atoms with Crippen LogP contribution in [0.2, 0.25) is 0 Å². The number of hydrogen-bond donors (Lipinski definition) is 1. The number of nitrogens with one attached hydrogen (secondary N) is 1. The Morgan fingerprint density at radius 3 is 2.34 bits per heavy atom. The molecule has 4 rings (SSSR count). The zero-order chi connectivity index (χ0) is 27.4. The molecule has 0 bridgehead atoms. The van der Waals surface area contributed by atoms with E-state index in [9.17, 15) is 9.59 Å². The molecule has 1 aromatic heterocycles. The molecule has 1 aliphatic heterocycles. The van der Waals surface area contributed by atoms with E-state index in [0.29, 0.717) is 38.0 Å². The van der Waals surface area contributed by atoms with Gasteiger partial charge in [0, 0.05) is 25.6 Å². The van der Waals surface area contributed by atoms with Crippen molar-refractivity contribution < 1.29 is 19.1 Å². The van der Waals surface area contributed by atoms with Crippen LogP contribution in [0.3, 0.4) is 0 Å². The number of nitrogens with zero attached hydrogens (tertiary/aromatic N) is 3. The number of carbonyl (C=O) groups is 2. The van der Waals surface area contributed by atoms with Crippen LogP contribution >= 0.6 is 0 Å². The average Bonchev–Trinajstić information content (AvgIpc) is 3.31. The maximum atomic E-state index is 13.5. The molecule has 8 heteroatoms. The summed E-state index contributed by atoms with van der Waals surface area (Å²) in [5.74, 6) is 0.639. The minimum Gasteiger partial charge on any atom is -0.497 e. The minimum absolute atomic E-state index is 0.0627. The Labute approximate surface area is 224 Å². The average molecular weight is 519 g/mol. The van der Waals surface area contributed by atoms with Gasteiger partial charge in [0.25, 0.3) is 5.91 Å². The van der Waals surface area contributed by atoms with E-state index >= 15 is 0 Å². The first-order valence-corrected chi connectivity index (χ1v) is 13.1. The number of para-hydroxylation sites is 1. The summed E-state index contributed by atoms with van der Waals surface area (Å²) in [5, 5.41) is 7.78. The van der Waals surface area contributed by atoms with Crippen LogP contribution in [0.25, 0.3) is 5.69 Å². The monoisotopic (exact) mass is 518 g/mol. The number of carbonyl (C=O) groups excluding carboxylic acids is 2. The molecule has 0 radical (unpaired) electrons. The van der Waals surface area contributed by atoms with Crippen LogP contribution in [-0.2, 0) is 11.3 Å². The predicted octanol–water partition coefficient (Wildman–Crippen LogP) is 5.54. The molecule has 2 amide bonds. The van der Waals surface area contributed by atoms with Crippen LogP contribution in [0, 0.1) is 13.8 Å². The van der Waals surface area contributed by atoms with Crippen molar-refractivity contribution in [2.24, 2.45) is 0 Å². The van der Waals surface area contributed by atoms with Crippen molar-refractivity contribution in [3.8, 4) is 11.4 Å². The summed E-state index contributed by atoms with van der Waals surface area (Å²) in [4.78, 5) is 27.9. The number of benzene rings is 2. The summed E-state index contributed by atoms with van der Waals surface area (Å²) in [7, 11) is 1.63. The second kappa shape index (κ2) is 11.3. The zero-order valence-electron chi connectivity index (χ0n) is 23.2.